The molecule has 19 heavy (non-hydrogen) atoms. The van der Waals surface area contributed by atoms with Crippen molar-refractivity contribution in [3.8, 4) is 5.75 Å². The summed E-state index contributed by atoms with van der Waals surface area (Å²) < 4.78 is 9.76. The number of ether oxygens (including phenoxy) is 1. The molecule has 0 saturated heterocycles. The summed E-state index contributed by atoms with van der Waals surface area (Å²) in [6.45, 7) is 10.6. The molecule has 0 radical (unpaired) electrons. The predicted molar refractivity (Wildman–Crippen MR) is 74.9 cm³/mol. The standard InChI is InChI=1S/C16H24O3/c1-12(2)13-8-6-7-9-14(13)18-15(19-17)10-11-16(3,4)5/h6-9,12H,10-11H2,1-5H3. The molecule has 3 nitrogen and oxygen atoms in total. The van der Waals surface area contributed by atoms with E-state index in [1.165, 1.54) is 0 Å². The molecule has 0 bridgehead atoms. The fourth-order valence-electron chi connectivity index (χ4n) is 1.76. The minimum atomic E-state index is 0.142. The van der Waals surface area contributed by atoms with Crippen molar-refractivity contribution in [2.75, 3.05) is 0 Å². The van der Waals surface area contributed by atoms with Crippen LogP contribution in [0.25, 0.3) is 0 Å². The molecule has 0 spiro atoms. The first-order chi connectivity index (χ1) is 8.83. The molecule has 106 valence electrons. The van der Waals surface area contributed by atoms with E-state index in [1.54, 1.807) is 0 Å². The van der Waals surface area contributed by atoms with Gasteiger partial charge in [0.05, 0.1) is 0 Å². The molecule has 0 aliphatic heterocycles. The van der Waals surface area contributed by atoms with Crippen LogP contribution in [0, 0.1) is 5.41 Å². The van der Waals surface area contributed by atoms with Crippen LogP contribution in [-0.2, 0) is 4.58 Å². The number of esters is 1. The maximum absolute atomic E-state index is 10.8. The van der Waals surface area contributed by atoms with E-state index in [0.29, 0.717) is 18.1 Å². The first-order valence-corrected chi connectivity index (χ1v) is 6.76. The smallest absolute Gasteiger partial charge is 0.503 e. The lowest BCUT2D eigenvalue weighted by atomic mass is 9.91. The highest BCUT2D eigenvalue weighted by Crippen LogP contribution is 2.27. The zero-order valence-electron chi connectivity index (χ0n) is 12.5. The minimum Gasteiger partial charge on any atom is -0.588 e. The summed E-state index contributed by atoms with van der Waals surface area (Å²) in [4.78, 5) is 0. The van der Waals surface area contributed by atoms with Crippen LogP contribution >= 0.6 is 0 Å². The maximum Gasteiger partial charge on any atom is 0.503 e. The third-order valence-electron chi connectivity index (χ3n) is 2.94. The number of rotatable bonds is 4. The molecule has 0 unspecified atom stereocenters. The van der Waals surface area contributed by atoms with E-state index in [-0.39, 0.29) is 11.4 Å². The molecule has 1 rings (SSSR count). The quantitative estimate of drug-likeness (QED) is 0.275. The first-order valence-electron chi connectivity index (χ1n) is 6.76. The number of hydrogen-bond donors (Lipinski definition) is 0. The third kappa shape index (κ3) is 5.33. The van der Waals surface area contributed by atoms with Gasteiger partial charge < -0.3 is 5.26 Å². The fourth-order valence-corrected chi connectivity index (χ4v) is 1.76. The Morgan fingerprint density at radius 3 is 2.42 bits per heavy atom. The molecular weight excluding hydrogens is 240 g/mol. The second-order valence-corrected chi connectivity index (χ2v) is 6.31. The normalized spacial score (nSPS) is 12.8. The minimum absolute atomic E-state index is 0.142. The van der Waals surface area contributed by atoms with E-state index in [0.717, 1.165) is 12.0 Å². The zero-order chi connectivity index (χ0) is 14.5. The summed E-state index contributed by atoms with van der Waals surface area (Å²) >= 11 is 0. The van der Waals surface area contributed by atoms with Crippen molar-refractivity contribution in [1.82, 2.24) is 0 Å². The van der Waals surface area contributed by atoms with Crippen molar-refractivity contribution in [2.24, 2.45) is 5.41 Å². The van der Waals surface area contributed by atoms with Crippen LogP contribution in [0.15, 0.2) is 24.3 Å². The Balaban J connectivity index is 2.77. The Morgan fingerprint density at radius 2 is 1.89 bits per heavy atom. The SMILES string of the molecule is CC(C)c1ccccc1OC(CCC(C)(C)C)=[O+][O-]. The Hall–Kier alpha value is -1.51. The largest absolute Gasteiger partial charge is 0.588 e. The summed E-state index contributed by atoms with van der Waals surface area (Å²) in [5.41, 5.74) is 1.22. The van der Waals surface area contributed by atoms with Crippen LogP contribution < -0.4 is 9.99 Å². The van der Waals surface area contributed by atoms with Gasteiger partial charge in [-0.05, 0) is 17.8 Å². The zero-order valence-corrected chi connectivity index (χ0v) is 12.5. The number of hydrogen-bond acceptors (Lipinski definition) is 2. The summed E-state index contributed by atoms with van der Waals surface area (Å²) in [5, 5.41) is 10.8. The van der Waals surface area contributed by atoms with Crippen molar-refractivity contribution >= 4 is 5.97 Å². The average Bonchev–Trinajstić information content (AvgIpc) is 2.33. The molecule has 3 heteroatoms. The van der Waals surface area contributed by atoms with Gasteiger partial charge in [0.2, 0.25) is 0 Å². The Morgan fingerprint density at radius 1 is 1.26 bits per heavy atom. The highest BCUT2D eigenvalue weighted by atomic mass is 17.1. The second kappa shape index (κ2) is 6.60. The van der Waals surface area contributed by atoms with Gasteiger partial charge in [-0.25, -0.2) is 0 Å². The lowest BCUT2D eigenvalue weighted by Crippen LogP contribution is -2.20. The maximum atomic E-state index is 10.8. The Labute approximate surface area is 115 Å². The molecule has 1 aromatic rings. The molecule has 0 aliphatic carbocycles. The average molecular weight is 264 g/mol. The van der Waals surface area contributed by atoms with Crippen LogP contribution in [0.4, 0.5) is 0 Å². The number of carbonyl (C=O) groups excluding carboxylic acids is 1. The molecule has 0 heterocycles. The lowest BCUT2D eigenvalue weighted by molar-refractivity contribution is -1.05. The number of benzene rings is 1. The van der Waals surface area contributed by atoms with E-state index in [2.05, 4.69) is 39.2 Å². The highest BCUT2D eigenvalue weighted by Gasteiger charge is 2.23. The van der Waals surface area contributed by atoms with Gasteiger partial charge >= 0.3 is 5.97 Å². The molecule has 0 aliphatic rings. The first kappa shape index (κ1) is 15.5. The van der Waals surface area contributed by atoms with Crippen LogP contribution in [0.1, 0.15) is 58.9 Å². The van der Waals surface area contributed by atoms with Crippen molar-refractivity contribution < 1.29 is 14.6 Å². The highest BCUT2D eigenvalue weighted by molar-refractivity contribution is 5.73. The Kier molecular flexibility index (Phi) is 5.40. The molecule has 0 N–H and O–H groups in total. The van der Waals surface area contributed by atoms with Gasteiger partial charge in [0, 0.05) is 11.6 Å². The lowest BCUT2D eigenvalue weighted by Gasteiger charge is -2.15. The van der Waals surface area contributed by atoms with Crippen molar-refractivity contribution in [2.45, 2.75) is 53.4 Å². The van der Waals surface area contributed by atoms with Gasteiger partial charge in [0.1, 0.15) is 6.42 Å². The number of para-hydroxylation sites is 1. The molecule has 0 amide bonds. The van der Waals surface area contributed by atoms with Gasteiger partial charge in [0.15, 0.2) is 0 Å². The van der Waals surface area contributed by atoms with Crippen molar-refractivity contribution in [1.29, 1.82) is 0 Å². The van der Waals surface area contributed by atoms with Crippen molar-refractivity contribution in [3.63, 3.8) is 0 Å². The van der Waals surface area contributed by atoms with Crippen molar-refractivity contribution in [3.05, 3.63) is 29.8 Å². The summed E-state index contributed by atoms with van der Waals surface area (Å²) in [5.74, 6) is 1.19. The van der Waals surface area contributed by atoms with E-state index in [9.17, 15) is 5.26 Å². The van der Waals surface area contributed by atoms with Crippen LogP contribution in [0.5, 0.6) is 5.75 Å². The molecule has 0 atom stereocenters. The van der Waals surface area contributed by atoms with Crippen LogP contribution in [-0.4, -0.2) is 5.97 Å². The third-order valence-corrected chi connectivity index (χ3v) is 2.94. The van der Waals surface area contributed by atoms with Gasteiger partial charge in [-0.1, -0.05) is 52.8 Å². The Bertz CT molecular complexity index is 428. The van der Waals surface area contributed by atoms with Gasteiger partial charge in [-0.3, -0.25) is 9.31 Å². The second-order valence-electron chi connectivity index (χ2n) is 6.31. The van der Waals surface area contributed by atoms with Gasteiger partial charge in [-0.2, -0.15) is 0 Å². The van der Waals surface area contributed by atoms with E-state index < -0.39 is 0 Å². The molecular formula is C16H24O3. The molecule has 0 saturated carbocycles. The fraction of sp³-hybridized carbons (Fsp3) is 0.562. The van der Waals surface area contributed by atoms with Crippen LogP contribution in [0.2, 0.25) is 0 Å². The van der Waals surface area contributed by atoms with E-state index >= 15 is 0 Å². The monoisotopic (exact) mass is 264 g/mol. The molecule has 0 fully saturated rings. The topological polar surface area (TPSA) is 43.6 Å². The van der Waals surface area contributed by atoms with Crippen LogP contribution in [0.3, 0.4) is 0 Å². The summed E-state index contributed by atoms with van der Waals surface area (Å²) in [6, 6.07) is 7.74. The molecule has 0 aromatic heterocycles. The summed E-state index contributed by atoms with van der Waals surface area (Å²) in [6.07, 6.45) is 1.36. The van der Waals surface area contributed by atoms with Gasteiger partial charge in [-0.15, -0.1) is 0 Å². The van der Waals surface area contributed by atoms with E-state index in [4.69, 9.17) is 4.74 Å². The molecule has 1 aromatic carbocycles. The van der Waals surface area contributed by atoms with E-state index in [1.807, 2.05) is 24.3 Å². The predicted octanol–water partition coefficient (Wildman–Crippen LogP) is 3.35. The summed E-state index contributed by atoms with van der Waals surface area (Å²) in [7, 11) is 0. The van der Waals surface area contributed by atoms with Gasteiger partial charge in [0.25, 0.3) is 5.75 Å².